The van der Waals surface area contributed by atoms with E-state index in [4.69, 9.17) is 16.3 Å². The summed E-state index contributed by atoms with van der Waals surface area (Å²) in [6.07, 6.45) is -0.563. The van der Waals surface area contributed by atoms with Crippen LogP contribution in [-0.2, 0) is 4.74 Å². The molecule has 0 bridgehead atoms. The van der Waals surface area contributed by atoms with Crippen molar-refractivity contribution in [3.05, 3.63) is 39.4 Å². The summed E-state index contributed by atoms with van der Waals surface area (Å²) < 4.78 is 6.88. The second-order valence-corrected chi connectivity index (χ2v) is 8.20. The maximum absolute atomic E-state index is 13.3. The van der Waals surface area contributed by atoms with Gasteiger partial charge in [-0.3, -0.25) is 4.79 Å². The van der Waals surface area contributed by atoms with Crippen molar-refractivity contribution in [2.75, 3.05) is 31.2 Å². The molecule has 1 fully saturated rings. The molecule has 1 aliphatic heterocycles. The lowest BCUT2D eigenvalue weighted by Crippen LogP contribution is -2.54. The van der Waals surface area contributed by atoms with Gasteiger partial charge in [0, 0.05) is 26.2 Å². The van der Waals surface area contributed by atoms with Crippen LogP contribution in [0.1, 0.15) is 39.6 Å². The van der Waals surface area contributed by atoms with Crippen LogP contribution in [0.3, 0.4) is 0 Å². The smallest absolute Gasteiger partial charge is 0.408 e. The van der Waals surface area contributed by atoms with E-state index in [9.17, 15) is 9.59 Å². The minimum atomic E-state index is -0.619. The highest BCUT2D eigenvalue weighted by Gasteiger charge is 2.25. The zero-order valence-electron chi connectivity index (χ0n) is 16.6. The molecule has 1 atom stereocenters. The van der Waals surface area contributed by atoms with E-state index in [1.165, 1.54) is 4.68 Å². The van der Waals surface area contributed by atoms with Crippen LogP contribution in [0.5, 0.6) is 0 Å². The van der Waals surface area contributed by atoms with E-state index in [1.54, 1.807) is 45.9 Å². The molecular weight excluding hydrogens is 382 g/mol. The minimum Gasteiger partial charge on any atom is -0.444 e. The molecule has 152 valence electrons. The van der Waals surface area contributed by atoms with Gasteiger partial charge in [0.05, 0.1) is 22.0 Å². The van der Waals surface area contributed by atoms with E-state index in [0.717, 1.165) is 13.1 Å². The van der Waals surface area contributed by atoms with Crippen molar-refractivity contribution in [1.29, 1.82) is 0 Å². The van der Waals surface area contributed by atoms with Crippen LogP contribution >= 0.6 is 11.6 Å². The van der Waals surface area contributed by atoms with E-state index in [0.29, 0.717) is 34.8 Å². The molecule has 2 heterocycles. The zero-order chi connectivity index (χ0) is 20.5. The van der Waals surface area contributed by atoms with Gasteiger partial charge in [-0.2, -0.15) is 0 Å². The summed E-state index contributed by atoms with van der Waals surface area (Å²) in [7, 11) is 0. The highest BCUT2D eigenvalue weighted by molar-refractivity contribution is 6.35. The molecular formula is C19H26ClN5O3. The molecule has 2 aromatic rings. The van der Waals surface area contributed by atoms with E-state index in [1.807, 2.05) is 5.01 Å². The van der Waals surface area contributed by atoms with Crippen LogP contribution in [0.4, 0.5) is 4.79 Å². The molecule has 0 saturated carbocycles. The largest absolute Gasteiger partial charge is 0.444 e. The molecule has 1 aliphatic rings. The van der Waals surface area contributed by atoms with Crippen molar-refractivity contribution < 1.29 is 9.53 Å². The number of benzene rings is 1. The third-order valence-corrected chi connectivity index (χ3v) is 4.66. The Labute approximate surface area is 168 Å². The van der Waals surface area contributed by atoms with Gasteiger partial charge < -0.3 is 20.4 Å². The maximum atomic E-state index is 13.3. The Morgan fingerprint density at radius 1 is 1.32 bits per heavy atom. The standard InChI is InChI=1S/C19H26ClN5O3/c1-12(22-18(27)28-19(2,3)4)16-23-14-7-5-6-13(20)15(14)17(26)25(16)24-10-8-21-9-11-24/h5-7,12,21H,8-11H2,1-4H3,(H,22,27)/t12-/m0/s1. The number of carbonyl (C=O) groups is 1. The maximum Gasteiger partial charge on any atom is 0.408 e. The van der Waals surface area contributed by atoms with Gasteiger partial charge in [-0.1, -0.05) is 17.7 Å². The van der Waals surface area contributed by atoms with Crippen LogP contribution < -0.4 is 21.2 Å². The number of amides is 1. The van der Waals surface area contributed by atoms with Gasteiger partial charge in [0.1, 0.15) is 5.60 Å². The fraction of sp³-hybridized carbons (Fsp3) is 0.526. The van der Waals surface area contributed by atoms with Gasteiger partial charge in [0.15, 0.2) is 5.82 Å². The average molecular weight is 408 g/mol. The number of halogens is 1. The predicted molar refractivity (Wildman–Crippen MR) is 110 cm³/mol. The van der Waals surface area contributed by atoms with Crippen LogP contribution in [0.15, 0.2) is 23.0 Å². The summed E-state index contributed by atoms with van der Waals surface area (Å²) in [5.41, 5.74) is -0.367. The normalized spacial score (nSPS) is 16.1. The lowest BCUT2D eigenvalue weighted by molar-refractivity contribution is 0.0504. The van der Waals surface area contributed by atoms with Crippen molar-refractivity contribution in [2.45, 2.75) is 39.3 Å². The third kappa shape index (κ3) is 4.39. The van der Waals surface area contributed by atoms with Crippen LogP contribution in [0.25, 0.3) is 10.9 Å². The Morgan fingerprint density at radius 2 is 2.00 bits per heavy atom. The lowest BCUT2D eigenvalue weighted by atomic mass is 10.2. The Hall–Kier alpha value is -2.32. The molecule has 0 aliphatic carbocycles. The average Bonchev–Trinajstić information content (AvgIpc) is 2.60. The van der Waals surface area contributed by atoms with Crippen molar-refractivity contribution in [3.8, 4) is 0 Å². The Morgan fingerprint density at radius 3 is 2.64 bits per heavy atom. The first-order valence-electron chi connectivity index (χ1n) is 9.34. The molecule has 9 heteroatoms. The minimum absolute atomic E-state index is 0.245. The number of carbonyl (C=O) groups excluding carboxylic acids is 1. The molecule has 28 heavy (non-hydrogen) atoms. The number of alkyl carbamates (subject to hydrolysis) is 1. The number of hydrogen-bond acceptors (Lipinski definition) is 6. The number of fused-ring (bicyclic) bond motifs is 1. The fourth-order valence-corrected chi connectivity index (χ4v) is 3.40. The number of nitrogens with one attached hydrogen (secondary N) is 2. The summed E-state index contributed by atoms with van der Waals surface area (Å²) in [4.78, 5) is 30.2. The Kier molecular flexibility index (Phi) is 5.81. The number of rotatable bonds is 3. The molecule has 0 radical (unpaired) electrons. The topological polar surface area (TPSA) is 88.5 Å². The van der Waals surface area contributed by atoms with Gasteiger partial charge >= 0.3 is 6.09 Å². The number of aromatic nitrogens is 2. The van der Waals surface area contributed by atoms with E-state index < -0.39 is 17.7 Å². The second kappa shape index (κ2) is 7.97. The third-order valence-electron chi connectivity index (χ3n) is 4.35. The Balaban J connectivity index is 2.06. The van der Waals surface area contributed by atoms with Crippen LogP contribution in [0, 0.1) is 0 Å². The molecule has 0 spiro atoms. The summed E-state index contributed by atoms with van der Waals surface area (Å²) in [5.74, 6) is 0.438. The second-order valence-electron chi connectivity index (χ2n) is 7.79. The summed E-state index contributed by atoms with van der Waals surface area (Å²) >= 11 is 6.29. The first-order valence-corrected chi connectivity index (χ1v) is 9.72. The summed E-state index contributed by atoms with van der Waals surface area (Å²) in [6, 6.07) is 4.63. The summed E-state index contributed by atoms with van der Waals surface area (Å²) in [5, 5.41) is 8.70. The zero-order valence-corrected chi connectivity index (χ0v) is 17.3. The van der Waals surface area contributed by atoms with E-state index in [2.05, 4.69) is 15.6 Å². The Bertz CT molecular complexity index is 932. The van der Waals surface area contributed by atoms with Gasteiger partial charge in [0.25, 0.3) is 5.56 Å². The van der Waals surface area contributed by atoms with Gasteiger partial charge in [-0.25, -0.2) is 14.5 Å². The number of ether oxygens (including phenoxy) is 1. The van der Waals surface area contributed by atoms with E-state index in [-0.39, 0.29) is 5.56 Å². The molecule has 8 nitrogen and oxygen atoms in total. The predicted octanol–water partition coefficient (Wildman–Crippen LogP) is 2.18. The van der Waals surface area contributed by atoms with Crippen molar-refractivity contribution in [1.82, 2.24) is 20.3 Å². The van der Waals surface area contributed by atoms with E-state index >= 15 is 0 Å². The molecule has 3 rings (SSSR count). The van der Waals surface area contributed by atoms with Crippen LogP contribution in [0.2, 0.25) is 5.02 Å². The summed E-state index contributed by atoms with van der Waals surface area (Å²) in [6.45, 7) is 9.95. The van der Waals surface area contributed by atoms with Crippen LogP contribution in [-0.4, -0.2) is 47.5 Å². The molecule has 1 saturated heterocycles. The molecule has 1 aromatic carbocycles. The molecule has 1 amide bonds. The quantitative estimate of drug-likeness (QED) is 0.810. The SMILES string of the molecule is C[C@H](NC(=O)OC(C)(C)C)c1nc2cccc(Cl)c2c(=O)n1N1CCNCC1. The van der Waals surface area contributed by atoms with Gasteiger partial charge in [-0.05, 0) is 39.8 Å². The highest BCUT2D eigenvalue weighted by atomic mass is 35.5. The first-order chi connectivity index (χ1) is 13.2. The highest BCUT2D eigenvalue weighted by Crippen LogP contribution is 2.21. The lowest BCUT2D eigenvalue weighted by Gasteiger charge is -2.33. The number of nitrogens with zero attached hydrogens (tertiary/aromatic N) is 3. The monoisotopic (exact) mass is 407 g/mol. The fourth-order valence-electron chi connectivity index (χ4n) is 3.15. The van der Waals surface area contributed by atoms with Crippen molar-refractivity contribution in [2.24, 2.45) is 0 Å². The van der Waals surface area contributed by atoms with Crippen molar-refractivity contribution >= 4 is 28.6 Å². The van der Waals surface area contributed by atoms with Gasteiger partial charge in [0.2, 0.25) is 0 Å². The molecule has 1 aromatic heterocycles. The molecule has 0 unspecified atom stereocenters. The number of piperazine rings is 1. The van der Waals surface area contributed by atoms with Gasteiger partial charge in [-0.15, -0.1) is 0 Å². The molecule has 2 N–H and O–H groups in total. The van der Waals surface area contributed by atoms with Crippen molar-refractivity contribution in [3.63, 3.8) is 0 Å². The number of hydrogen-bond donors (Lipinski definition) is 2. The first kappa shape index (κ1) is 20.4.